The van der Waals surface area contributed by atoms with Crippen molar-refractivity contribution in [2.75, 3.05) is 21.3 Å². The fraction of sp³-hybridized carbons (Fsp3) is 0.538. The summed E-state index contributed by atoms with van der Waals surface area (Å²) in [5.41, 5.74) is 6.27. The first-order chi connectivity index (χ1) is 9.32. The van der Waals surface area contributed by atoms with Crippen molar-refractivity contribution in [1.29, 1.82) is 0 Å². The largest absolute Gasteiger partial charge is 0.496 e. The zero-order valence-electron chi connectivity index (χ0n) is 11.6. The number of benzene rings is 1. The Hall–Kier alpha value is -1.63. The van der Waals surface area contributed by atoms with Crippen LogP contribution in [0.4, 0.5) is 13.2 Å². The average Bonchev–Trinajstić information content (AvgIpc) is 2.42. The minimum absolute atomic E-state index is 0.227. The van der Waals surface area contributed by atoms with Gasteiger partial charge in [-0.05, 0) is 12.5 Å². The molecule has 2 N–H and O–H groups in total. The highest BCUT2D eigenvalue weighted by Gasteiger charge is 2.29. The molecule has 0 aliphatic rings. The van der Waals surface area contributed by atoms with Gasteiger partial charge in [0.05, 0.1) is 21.3 Å². The molecule has 0 amide bonds. The number of hydrogen-bond donors (Lipinski definition) is 1. The van der Waals surface area contributed by atoms with Gasteiger partial charge in [0.1, 0.15) is 5.75 Å². The quantitative estimate of drug-likeness (QED) is 0.876. The monoisotopic (exact) mass is 293 g/mol. The van der Waals surface area contributed by atoms with Crippen LogP contribution in [0.5, 0.6) is 17.2 Å². The van der Waals surface area contributed by atoms with E-state index in [4.69, 9.17) is 19.9 Å². The Bertz CT molecular complexity index is 449. The summed E-state index contributed by atoms with van der Waals surface area (Å²) < 4.78 is 52.1. The molecule has 1 unspecified atom stereocenters. The minimum Gasteiger partial charge on any atom is -0.496 e. The highest BCUT2D eigenvalue weighted by atomic mass is 19.4. The van der Waals surface area contributed by atoms with Crippen LogP contribution in [0.2, 0.25) is 0 Å². The lowest BCUT2D eigenvalue weighted by Gasteiger charge is -2.19. The number of nitrogens with two attached hydrogens (primary N) is 1. The fourth-order valence-electron chi connectivity index (χ4n) is 1.82. The smallest absolute Gasteiger partial charge is 0.389 e. The molecular weight excluding hydrogens is 275 g/mol. The van der Waals surface area contributed by atoms with Gasteiger partial charge in [-0.15, -0.1) is 0 Å². The summed E-state index contributed by atoms with van der Waals surface area (Å²) in [6.45, 7) is 0. The first-order valence-corrected chi connectivity index (χ1v) is 5.94. The van der Waals surface area contributed by atoms with Crippen LogP contribution in [0.1, 0.15) is 24.4 Å². The Morgan fingerprint density at radius 1 is 1.00 bits per heavy atom. The average molecular weight is 293 g/mol. The maximum absolute atomic E-state index is 12.2. The van der Waals surface area contributed by atoms with E-state index in [1.807, 2.05) is 0 Å². The SMILES string of the molecule is COc1cc(OC)c(C(N)CCC(F)(F)F)cc1OC. The lowest BCUT2D eigenvalue weighted by molar-refractivity contribution is -0.136. The molecule has 20 heavy (non-hydrogen) atoms. The second-order valence-electron chi connectivity index (χ2n) is 4.21. The van der Waals surface area contributed by atoms with Gasteiger partial charge in [-0.2, -0.15) is 13.2 Å². The number of methoxy groups -OCH3 is 3. The maximum atomic E-state index is 12.2. The second-order valence-corrected chi connectivity index (χ2v) is 4.21. The summed E-state index contributed by atoms with van der Waals surface area (Å²) in [7, 11) is 4.32. The van der Waals surface area contributed by atoms with Crippen LogP contribution in [0.15, 0.2) is 12.1 Å². The normalized spacial score (nSPS) is 12.9. The van der Waals surface area contributed by atoms with E-state index in [2.05, 4.69) is 0 Å². The van der Waals surface area contributed by atoms with E-state index in [0.29, 0.717) is 22.8 Å². The van der Waals surface area contributed by atoms with Crippen molar-refractivity contribution in [3.8, 4) is 17.2 Å². The molecule has 0 heterocycles. The molecular formula is C13H18F3NO3. The number of hydrogen-bond acceptors (Lipinski definition) is 4. The van der Waals surface area contributed by atoms with E-state index in [1.165, 1.54) is 21.3 Å². The molecule has 1 atom stereocenters. The molecule has 114 valence electrons. The zero-order valence-corrected chi connectivity index (χ0v) is 11.6. The fourth-order valence-corrected chi connectivity index (χ4v) is 1.82. The van der Waals surface area contributed by atoms with Crippen molar-refractivity contribution in [1.82, 2.24) is 0 Å². The molecule has 0 aromatic heterocycles. The lowest BCUT2D eigenvalue weighted by Crippen LogP contribution is -2.16. The molecule has 1 rings (SSSR count). The predicted octanol–water partition coefficient (Wildman–Crippen LogP) is 3.05. The van der Waals surface area contributed by atoms with Crippen molar-refractivity contribution in [2.45, 2.75) is 25.1 Å². The molecule has 0 aliphatic carbocycles. The zero-order chi connectivity index (χ0) is 15.3. The molecule has 0 bridgehead atoms. The van der Waals surface area contributed by atoms with E-state index in [0.717, 1.165) is 0 Å². The van der Waals surface area contributed by atoms with E-state index < -0.39 is 18.6 Å². The third-order valence-electron chi connectivity index (χ3n) is 2.87. The molecule has 0 saturated heterocycles. The van der Waals surface area contributed by atoms with Crippen molar-refractivity contribution in [3.63, 3.8) is 0 Å². The van der Waals surface area contributed by atoms with Crippen LogP contribution in [0.25, 0.3) is 0 Å². The van der Waals surface area contributed by atoms with Crippen LogP contribution in [0.3, 0.4) is 0 Å². The highest BCUT2D eigenvalue weighted by Crippen LogP contribution is 2.38. The Morgan fingerprint density at radius 3 is 1.95 bits per heavy atom. The summed E-state index contributed by atoms with van der Waals surface area (Å²) >= 11 is 0. The summed E-state index contributed by atoms with van der Waals surface area (Å²) in [6.07, 6.45) is -5.41. The van der Waals surface area contributed by atoms with Gasteiger partial charge >= 0.3 is 6.18 Å². The van der Waals surface area contributed by atoms with Gasteiger partial charge in [0.2, 0.25) is 0 Å². The Morgan fingerprint density at radius 2 is 1.50 bits per heavy atom. The molecule has 0 spiro atoms. The lowest BCUT2D eigenvalue weighted by atomic mass is 10.0. The van der Waals surface area contributed by atoms with Crippen molar-refractivity contribution < 1.29 is 27.4 Å². The summed E-state index contributed by atoms with van der Waals surface area (Å²) in [5.74, 6) is 1.19. The third kappa shape index (κ3) is 4.19. The van der Waals surface area contributed by atoms with Gasteiger partial charge in [0.25, 0.3) is 0 Å². The van der Waals surface area contributed by atoms with E-state index in [9.17, 15) is 13.2 Å². The summed E-state index contributed by atoms with van der Waals surface area (Å²) in [5, 5.41) is 0. The molecule has 0 saturated carbocycles. The predicted molar refractivity (Wildman–Crippen MR) is 68.3 cm³/mol. The standard InChI is InChI=1S/C13H18F3NO3/c1-18-10-7-12(20-3)11(19-2)6-8(10)9(17)4-5-13(14,15)16/h6-7,9H,4-5,17H2,1-3H3. The van der Waals surface area contributed by atoms with Gasteiger partial charge < -0.3 is 19.9 Å². The van der Waals surface area contributed by atoms with Gasteiger partial charge in [0.15, 0.2) is 11.5 Å². The number of halogens is 3. The second kappa shape index (κ2) is 6.69. The van der Waals surface area contributed by atoms with E-state index in [1.54, 1.807) is 12.1 Å². The van der Waals surface area contributed by atoms with Crippen molar-refractivity contribution in [3.05, 3.63) is 17.7 Å². The molecule has 1 aromatic carbocycles. The van der Waals surface area contributed by atoms with Crippen LogP contribution >= 0.6 is 0 Å². The Kier molecular flexibility index (Phi) is 5.50. The van der Waals surface area contributed by atoms with Crippen molar-refractivity contribution in [2.24, 2.45) is 5.73 Å². The molecule has 7 heteroatoms. The van der Waals surface area contributed by atoms with Crippen LogP contribution in [-0.4, -0.2) is 27.5 Å². The number of alkyl halides is 3. The third-order valence-corrected chi connectivity index (χ3v) is 2.87. The van der Waals surface area contributed by atoms with Crippen LogP contribution in [0, 0.1) is 0 Å². The van der Waals surface area contributed by atoms with E-state index in [-0.39, 0.29) is 6.42 Å². The number of rotatable bonds is 6. The summed E-state index contributed by atoms with van der Waals surface area (Å²) in [6, 6.07) is 2.28. The molecule has 4 nitrogen and oxygen atoms in total. The van der Waals surface area contributed by atoms with Gasteiger partial charge in [-0.3, -0.25) is 0 Å². The molecule has 0 aliphatic heterocycles. The Labute approximate surface area is 115 Å². The maximum Gasteiger partial charge on any atom is 0.389 e. The summed E-state index contributed by atoms with van der Waals surface area (Å²) in [4.78, 5) is 0. The molecule has 0 radical (unpaired) electrons. The highest BCUT2D eigenvalue weighted by molar-refractivity contribution is 5.51. The van der Waals surface area contributed by atoms with Gasteiger partial charge in [-0.25, -0.2) is 0 Å². The van der Waals surface area contributed by atoms with Gasteiger partial charge in [0, 0.05) is 24.1 Å². The van der Waals surface area contributed by atoms with Crippen LogP contribution in [-0.2, 0) is 0 Å². The van der Waals surface area contributed by atoms with Gasteiger partial charge in [-0.1, -0.05) is 0 Å². The molecule has 0 fully saturated rings. The van der Waals surface area contributed by atoms with E-state index >= 15 is 0 Å². The topological polar surface area (TPSA) is 53.7 Å². The molecule has 1 aromatic rings. The Balaban J connectivity index is 3.03. The number of ether oxygens (including phenoxy) is 3. The minimum atomic E-state index is -4.23. The van der Waals surface area contributed by atoms with Crippen LogP contribution < -0.4 is 19.9 Å². The van der Waals surface area contributed by atoms with Crippen molar-refractivity contribution >= 4 is 0 Å². The first kappa shape index (κ1) is 16.4. The first-order valence-electron chi connectivity index (χ1n) is 5.94.